The second-order valence-corrected chi connectivity index (χ2v) is 9.27. The summed E-state index contributed by atoms with van der Waals surface area (Å²) in [6.07, 6.45) is 0.888. The number of hydrogen-bond donors (Lipinski definition) is 0. The second kappa shape index (κ2) is 8.07. The van der Waals surface area contributed by atoms with E-state index in [4.69, 9.17) is 14.5 Å². The molecule has 0 unspecified atom stereocenters. The maximum absolute atomic E-state index is 13.6. The Morgan fingerprint density at radius 2 is 1.70 bits per heavy atom. The first-order chi connectivity index (χ1) is 15.9. The molecule has 2 aliphatic rings. The molecule has 0 saturated heterocycles. The van der Waals surface area contributed by atoms with E-state index in [1.807, 2.05) is 72.5 Å². The number of aliphatic imine (C=N–C) groups is 1. The largest absolute Gasteiger partial charge is 0.494 e. The van der Waals surface area contributed by atoms with Crippen molar-refractivity contribution < 1.29 is 14.3 Å². The van der Waals surface area contributed by atoms with Gasteiger partial charge in [0.15, 0.2) is 0 Å². The van der Waals surface area contributed by atoms with Gasteiger partial charge in [0.1, 0.15) is 23.0 Å². The molecule has 3 aromatic carbocycles. The molecule has 0 fully saturated rings. The van der Waals surface area contributed by atoms with E-state index in [1.54, 1.807) is 0 Å². The van der Waals surface area contributed by atoms with Crippen LogP contribution in [0.2, 0.25) is 0 Å². The van der Waals surface area contributed by atoms with Gasteiger partial charge >= 0.3 is 0 Å². The van der Waals surface area contributed by atoms with Crippen LogP contribution in [0, 0.1) is 0 Å². The minimum absolute atomic E-state index is 0.0542. The van der Waals surface area contributed by atoms with Crippen LogP contribution in [0.3, 0.4) is 0 Å². The SMILES string of the molecule is CCOc1cc2c3c(c1)[C@H](C)CC(C)(C)N3C(=O)C2=Nc1ccc(Oc2ccccc2)cc1. The van der Waals surface area contributed by atoms with Gasteiger partial charge < -0.3 is 14.4 Å². The van der Waals surface area contributed by atoms with Crippen molar-refractivity contribution in [3.05, 3.63) is 77.9 Å². The lowest BCUT2D eigenvalue weighted by Gasteiger charge is -2.43. The summed E-state index contributed by atoms with van der Waals surface area (Å²) in [7, 11) is 0. The van der Waals surface area contributed by atoms with E-state index >= 15 is 0 Å². The van der Waals surface area contributed by atoms with E-state index in [0.29, 0.717) is 23.9 Å². The number of nitrogens with zero attached hydrogens (tertiary/aromatic N) is 2. The maximum atomic E-state index is 13.6. The number of para-hydroxylation sites is 1. The number of hydrogen-bond acceptors (Lipinski definition) is 4. The van der Waals surface area contributed by atoms with Gasteiger partial charge in [0.05, 0.1) is 18.0 Å². The molecule has 5 rings (SSSR count). The highest BCUT2D eigenvalue weighted by atomic mass is 16.5. The minimum atomic E-state index is -0.282. The monoisotopic (exact) mass is 440 g/mol. The molecule has 1 amide bonds. The first kappa shape index (κ1) is 21.3. The fourth-order valence-corrected chi connectivity index (χ4v) is 4.99. The minimum Gasteiger partial charge on any atom is -0.494 e. The molecule has 2 aliphatic heterocycles. The van der Waals surface area contributed by atoms with Gasteiger partial charge in [0.2, 0.25) is 0 Å². The summed E-state index contributed by atoms with van der Waals surface area (Å²) in [5.41, 5.74) is 3.88. The normalized spacial score (nSPS) is 19.5. The van der Waals surface area contributed by atoms with Crippen molar-refractivity contribution >= 4 is 23.0 Å². The van der Waals surface area contributed by atoms with Crippen LogP contribution in [0.1, 0.15) is 51.2 Å². The molecule has 0 saturated carbocycles. The zero-order valence-corrected chi connectivity index (χ0v) is 19.5. The average Bonchev–Trinajstić information content (AvgIpc) is 3.07. The number of carbonyl (C=O) groups excluding carboxylic acids is 1. The second-order valence-electron chi connectivity index (χ2n) is 9.27. The summed E-state index contributed by atoms with van der Waals surface area (Å²) >= 11 is 0. The smallest absolute Gasteiger partial charge is 0.278 e. The number of rotatable bonds is 5. The number of anilines is 1. The van der Waals surface area contributed by atoms with Crippen molar-refractivity contribution in [1.29, 1.82) is 0 Å². The van der Waals surface area contributed by atoms with E-state index in [-0.39, 0.29) is 11.4 Å². The molecule has 168 valence electrons. The average molecular weight is 441 g/mol. The summed E-state index contributed by atoms with van der Waals surface area (Å²) in [6, 6.07) is 21.2. The third-order valence-corrected chi connectivity index (χ3v) is 6.31. The number of ether oxygens (including phenoxy) is 2. The summed E-state index contributed by atoms with van der Waals surface area (Å²) < 4.78 is 11.7. The molecular weight excluding hydrogens is 412 g/mol. The molecule has 2 heterocycles. The third-order valence-electron chi connectivity index (χ3n) is 6.31. The maximum Gasteiger partial charge on any atom is 0.278 e. The summed E-state index contributed by atoms with van der Waals surface area (Å²) in [5.74, 6) is 2.55. The lowest BCUT2D eigenvalue weighted by Crippen LogP contribution is -2.50. The van der Waals surface area contributed by atoms with E-state index < -0.39 is 0 Å². The van der Waals surface area contributed by atoms with Gasteiger partial charge in [-0.05, 0) is 87.2 Å². The Labute approximate surface area is 194 Å². The standard InChI is InChI=1S/C28H28N2O3/c1-5-32-22-15-23-18(2)17-28(3,4)30-26(23)24(16-22)25(27(30)31)29-19-11-13-21(14-12-19)33-20-9-7-6-8-10-20/h6-16,18H,5,17H2,1-4H3/t18-/m1/s1. The van der Waals surface area contributed by atoms with E-state index in [2.05, 4.69) is 26.8 Å². The van der Waals surface area contributed by atoms with Gasteiger partial charge in [-0.2, -0.15) is 0 Å². The highest BCUT2D eigenvalue weighted by Crippen LogP contribution is 2.50. The van der Waals surface area contributed by atoms with Crippen LogP contribution in [0.25, 0.3) is 0 Å². The van der Waals surface area contributed by atoms with Crippen LogP contribution in [0.5, 0.6) is 17.2 Å². The Balaban J connectivity index is 1.54. The molecule has 0 spiro atoms. The highest BCUT2D eigenvalue weighted by molar-refractivity contribution is 6.55. The van der Waals surface area contributed by atoms with Crippen LogP contribution in [-0.2, 0) is 4.79 Å². The third kappa shape index (κ3) is 3.78. The van der Waals surface area contributed by atoms with Gasteiger partial charge in [-0.1, -0.05) is 25.1 Å². The molecular formula is C28H28N2O3. The first-order valence-corrected chi connectivity index (χ1v) is 11.4. The van der Waals surface area contributed by atoms with Gasteiger partial charge in [-0.3, -0.25) is 4.79 Å². The zero-order valence-electron chi connectivity index (χ0n) is 19.5. The van der Waals surface area contributed by atoms with Crippen LogP contribution in [0.15, 0.2) is 71.7 Å². The highest BCUT2D eigenvalue weighted by Gasteiger charge is 2.48. The van der Waals surface area contributed by atoms with Crippen molar-refractivity contribution in [2.45, 2.75) is 45.6 Å². The summed E-state index contributed by atoms with van der Waals surface area (Å²) in [4.78, 5) is 20.3. The molecule has 0 radical (unpaired) electrons. The van der Waals surface area contributed by atoms with Crippen molar-refractivity contribution in [2.75, 3.05) is 11.5 Å². The fourth-order valence-electron chi connectivity index (χ4n) is 4.99. The van der Waals surface area contributed by atoms with E-state index in [1.165, 1.54) is 0 Å². The topological polar surface area (TPSA) is 51.1 Å². The zero-order chi connectivity index (χ0) is 23.2. The van der Waals surface area contributed by atoms with Crippen molar-refractivity contribution in [2.24, 2.45) is 4.99 Å². The summed E-state index contributed by atoms with van der Waals surface area (Å²) in [5, 5.41) is 0. The fraction of sp³-hybridized carbons (Fsp3) is 0.286. The Hall–Kier alpha value is -3.60. The van der Waals surface area contributed by atoms with Crippen LogP contribution < -0.4 is 14.4 Å². The molecule has 3 aromatic rings. The Bertz CT molecular complexity index is 1230. The Morgan fingerprint density at radius 3 is 2.39 bits per heavy atom. The van der Waals surface area contributed by atoms with Gasteiger partial charge in [-0.15, -0.1) is 0 Å². The molecule has 5 nitrogen and oxygen atoms in total. The molecule has 0 aromatic heterocycles. The van der Waals surface area contributed by atoms with Gasteiger partial charge in [0.25, 0.3) is 5.91 Å². The number of benzene rings is 3. The Morgan fingerprint density at radius 1 is 1.00 bits per heavy atom. The van der Waals surface area contributed by atoms with Crippen LogP contribution >= 0.6 is 0 Å². The predicted octanol–water partition coefficient (Wildman–Crippen LogP) is 6.63. The van der Waals surface area contributed by atoms with E-state index in [0.717, 1.165) is 40.5 Å². The predicted molar refractivity (Wildman–Crippen MR) is 131 cm³/mol. The number of amides is 1. The lowest BCUT2D eigenvalue weighted by molar-refractivity contribution is -0.113. The van der Waals surface area contributed by atoms with Crippen molar-refractivity contribution in [3.63, 3.8) is 0 Å². The van der Waals surface area contributed by atoms with Crippen molar-refractivity contribution in [1.82, 2.24) is 0 Å². The number of carbonyl (C=O) groups is 1. The molecule has 0 aliphatic carbocycles. The molecule has 1 atom stereocenters. The first-order valence-electron chi connectivity index (χ1n) is 11.4. The van der Waals surface area contributed by atoms with Crippen molar-refractivity contribution in [3.8, 4) is 17.2 Å². The molecule has 0 N–H and O–H groups in total. The van der Waals surface area contributed by atoms with Gasteiger partial charge in [-0.25, -0.2) is 4.99 Å². The lowest BCUT2D eigenvalue weighted by atomic mass is 9.80. The van der Waals surface area contributed by atoms with Crippen LogP contribution in [-0.4, -0.2) is 23.8 Å². The van der Waals surface area contributed by atoms with Crippen LogP contribution in [0.4, 0.5) is 11.4 Å². The van der Waals surface area contributed by atoms with Gasteiger partial charge in [0, 0.05) is 11.1 Å². The molecule has 33 heavy (non-hydrogen) atoms. The quantitative estimate of drug-likeness (QED) is 0.447. The van der Waals surface area contributed by atoms with E-state index in [9.17, 15) is 4.79 Å². The Kier molecular flexibility index (Phi) is 5.20. The summed E-state index contributed by atoms with van der Waals surface area (Å²) in [6.45, 7) is 9.02. The molecule has 0 bridgehead atoms. The molecule has 5 heteroatoms.